The summed E-state index contributed by atoms with van der Waals surface area (Å²) in [6.45, 7) is 6.61. The Hall–Kier alpha value is -1.27. The van der Waals surface area contributed by atoms with Crippen LogP contribution in [0.5, 0.6) is 0 Å². The first-order valence-corrected chi connectivity index (χ1v) is 8.71. The number of piperidine rings is 1. The monoisotopic (exact) mass is 318 g/mol. The average molecular weight is 318 g/mol. The molecule has 0 aliphatic carbocycles. The molecular weight excluding hydrogens is 296 g/mol. The van der Waals surface area contributed by atoms with Gasteiger partial charge in [-0.1, -0.05) is 0 Å². The quantitative estimate of drug-likeness (QED) is 0.836. The Morgan fingerprint density at radius 3 is 3.05 bits per heavy atom. The Labute approximate surface area is 136 Å². The van der Waals surface area contributed by atoms with E-state index in [9.17, 15) is 4.79 Å². The van der Waals surface area contributed by atoms with E-state index >= 15 is 0 Å². The Bertz CT molecular complexity index is 608. The first kappa shape index (κ1) is 14.3. The fourth-order valence-electron chi connectivity index (χ4n) is 4.34. The number of carbonyl (C=O) groups excluding carboxylic acids is 1. The Morgan fingerprint density at radius 1 is 1.41 bits per heavy atom. The zero-order valence-electron chi connectivity index (χ0n) is 12.9. The van der Waals surface area contributed by atoms with Crippen LogP contribution in [0.2, 0.25) is 0 Å². The zero-order chi connectivity index (χ0) is 15.3. The van der Waals surface area contributed by atoms with E-state index in [4.69, 9.17) is 0 Å². The number of hydrogen-bond acceptors (Lipinski definition) is 5. The molecule has 4 rings (SSSR count). The van der Waals surface area contributed by atoms with Crippen molar-refractivity contribution in [2.75, 3.05) is 48.3 Å². The van der Waals surface area contributed by atoms with Crippen LogP contribution in [0.15, 0.2) is 12.3 Å². The lowest BCUT2D eigenvalue weighted by atomic mass is 9.89. The molecule has 0 unspecified atom stereocenters. The number of fused-ring (bicyclic) bond motifs is 3. The van der Waals surface area contributed by atoms with Crippen molar-refractivity contribution in [2.45, 2.75) is 25.3 Å². The summed E-state index contributed by atoms with van der Waals surface area (Å²) in [5, 5.41) is 0. The van der Waals surface area contributed by atoms with E-state index in [1.54, 1.807) is 6.92 Å². The molecule has 0 aromatic carbocycles. The summed E-state index contributed by atoms with van der Waals surface area (Å²) in [5.41, 5.74) is 2.59. The number of thiol groups is 1. The fourth-order valence-corrected chi connectivity index (χ4v) is 4.63. The zero-order valence-corrected chi connectivity index (χ0v) is 13.8. The van der Waals surface area contributed by atoms with Crippen molar-refractivity contribution >= 4 is 30.0 Å². The molecule has 0 N–H and O–H groups in total. The third kappa shape index (κ3) is 2.04. The summed E-state index contributed by atoms with van der Waals surface area (Å²) in [6, 6.07) is 2.73. The SMILES string of the molecule is CC(=O)N1CCN2c3c(ccnc31)[C@@H]1CN(CCS)CC[C@@H]12. The molecule has 2 atom stereocenters. The van der Waals surface area contributed by atoms with E-state index in [1.807, 2.05) is 11.1 Å². The summed E-state index contributed by atoms with van der Waals surface area (Å²) < 4.78 is 0. The number of pyridine rings is 1. The molecule has 0 radical (unpaired) electrons. The van der Waals surface area contributed by atoms with Gasteiger partial charge in [-0.3, -0.25) is 9.69 Å². The lowest BCUT2D eigenvalue weighted by Crippen LogP contribution is -2.50. The lowest BCUT2D eigenvalue weighted by Gasteiger charge is -2.41. The third-order valence-corrected chi connectivity index (χ3v) is 5.50. The van der Waals surface area contributed by atoms with Crippen LogP contribution in [0.1, 0.15) is 24.8 Å². The molecule has 0 bridgehead atoms. The summed E-state index contributed by atoms with van der Waals surface area (Å²) in [4.78, 5) is 23.3. The van der Waals surface area contributed by atoms with Gasteiger partial charge in [-0.2, -0.15) is 12.6 Å². The molecule has 5 nitrogen and oxygen atoms in total. The average Bonchev–Trinajstić information content (AvgIpc) is 2.84. The van der Waals surface area contributed by atoms with Crippen LogP contribution in [-0.2, 0) is 4.79 Å². The number of likely N-dealkylation sites (tertiary alicyclic amines) is 1. The molecule has 3 aliphatic rings. The Morgan fingerprint density at radius 2 is 2.27 bits per heavy atom. The van der Waals surface area contributed by atoms with Gasteiger partial charge in [0, 0.05) is 63.6 Å². The highest BCUT2D eigenvalue weighted by Crippen LogP contribution is 2.49. The van der Waals surface area contributed by atoms with Crippen molar-refractivity contribution < 1.29 is 4.79 Å². The van der Waals surface area contributed by atoms with E-state index < -0.39 is 0 Å². The van der Waals surface area contributed by atoms with Crippen molar-refractivity contribution in [3.63, 3.8) is 0 Å². The second kappa shape index (κ2) is 5.42. The van der Waals surface area contributed by atoms with Crippen LogP contribution in [-0.4, -0.2) is 60.3 Å². The number of carbonyl (C=O) groups is 1. The maximum atomic E-state index is 11.9. The van der Waals surface area contributed by atoms with Crippen LogP contribution in [0.3, 0.4) is 0 Å². The molecule has 1 aromatic rings. The maximum absolute atomic E-state index is 11.9. The molecule has 0 saturated carbocycles. The molecule has 1 aromatic heterocycles. The van der Waals surface area contributed by atoms with Crippen LogP contribution in [0.4, 0.5) is 11.5 Å². The van der Waals surface area contributed by atoms with E-state index in [0.717, 1.165) is 44.3 Å². The van der Waals surface area contributed by atoms with Gasteiger partial charge in [0.05, 0.1) is 5.69 Å². The highest BCUT2D eigenvalue weighted by molar-refractivity contribution is 7.80. The molecular formula is C16H22N4OS. The van der Waals surface area contributed by atoms with E-state index in [1.165, 1.54) is 17.7 Å². The first-order valence-electron chi connectivity index (χ1n) is 8.07. The first-order chi connectivity index (χ1) is 10.7. The molecule has 4 heterocycles. The largest absolute Gasteiger partial charge is 0.363 e. The van der Waals surface area contributed by atoms with Gasteiger partial charge in [-0.15, -0.1) is 0 Å². The van der Waals surface area contributed by atoms with E-state index in [2.05, 4.69) is 33.5 Å². The number of hydrogen-bond donors (Lipinski definition) is 1. The number of nitrogens with zero attached hydrogens (tertiary/aromatic N) is 4. The van der Waals surface area contributed by atoms with Crippen LogP contribution < -0.4 is 9.80 Å². The topological polar surface area (TPSA) is 39.7 Å². The van der Waals surface area contributed by atoms with Crippen LogP contribution >= 0.6 is 12.6 Å². The minimum absolute atomic E-state index is 0.0899. The Kier molecular flexibility index (Phi) is 3.53. The summed E-state index contributed by atoms with van der Waals surface area (Å²) >= 11 is 4.37. The highest BCUT2D eigenvalue weighted by atomic mass is 32.1. The van der Waals surface area contributed by atoms with Gasteiger partial charge in [0.1, 0.15) is 0 Å². The molecule has 3 aliphatic heterocycles. The van der Waals surface area contributed by atoms with Crippen LogP contribution in [0, 0.1) is 0 Å². The molecule has 1 saturated heterocycles. The fraction of sp³-hybridized carbons (Fsp3) is 0.625. The second-order valence-electron chi connectivity index (χ2n) is 6.42. The van der Waals surface area contributed by atoms with Gasteiger partial charge in [0.2, 0.25) is 5.91 Å². The minimum Gasteiger partial charge on any atom is -0.363 e. The smallest absolute Gasteiger partial charge is 0.225 e. The number of rotatable bonds is 2. The van der Waals surface area contributed by atoms with Gasteiger partial charge in [-0.25, -0.2) is 4.98 Å². The molecule has 0 spiro atoms. The number of anilines is 2. The highest BCUT2D eigenvalue weighted by Gasteiger charge is 2.45. The maximum Gasteiger partial charge on any atom is 0.225 e. The van der Waals surface area contributed by atoms with Crippen molar-refractivity contribution in [1.29, 1.82) is 0 Å². The van der Waals surface area contributed by atoms with E-state index in [-0.39, 0.29) is 5.91 Å². The summed E-state index contributed by atoms with van der Waals surface area (Å²) in [7, 11) is 0. The second-order valence-corrected chi connectivity index (χ2v) is 6.87. The third-order valence-electron chi connectivity index (χ3n) is 5.30. The number of aromatic nitrogens is 1. The molecule has 22 heavy (non-hydrogen) atoms. The van der Waals surface area contributed by atoms with Crippen molar-refractivity contribution in [3.05, 3.63) is 17.8 Å². The predicted octanol–water partition coefficient (Wildman–Crippen LogP) is 1.36. The molecule has 1 fully saturated rings. The van der Waals surface area contributed by atoms with E-state index in [0.29, 0.717) is 12.0 Å². The van der Waals surface area contributed by atoms with Gasteiger partial charge < -0.3 is 9.80 Å². The standard InChI is InChI=1S/C16H22N4OS/c1-11(21)19-6-7-20-14-3-5-18(8-9-22)10-13(14)12-2-4-17-16(19)15(12)20/h2,4,13-14,22H,3,5-10H2,1H3/t13-,14-/m0/s1. The van der Waals surface area contributed by atoms with Gasteiger partial charge in [0.15, 0.2) is 5.82 Å². The Balaban J connectivity index is 1.73. The number of amides is 1. The normalized spacial score (nSPS) is 26.8. The van der Waals surface area contributed by atoms with Crippen molar-refractivity contribution in [1.82, 2.24) is 9.88 Å². The minimum atomic E-state index is 0.0899. The van der Waals surface area contributed by atoms with Gasteiger partial charge in [-0.05, 0) is 18.1 Å². The van der Waals surface area contributed by atoms with Crippen molar-refractivity contribution in [3.8, 4) is 0 Å². The lowest BCUT2D eigenvalue weighted by molar-refractivity contribution is -0.116. The summed E-state index contributed by atoms with van der Waals surface area (Å²) in [5.74, 6) is 2.41. The molecule has 6 heteroatoms. The van der Waals surface area contributed by atoms with Gasteiger partial charge in [0.25, 0.3) is 0 Å². The molecule has 118 valence electrons. The van der Waals surface area contributed by atoms with Crippen LogP contribution in [0.25, 0.3) is 0 Å². The summed E-state index contributed by atoms with van der Waals surface area (Å²) in [6.07, 6.45) is 3.06. The van der Waals surface area contributed by atoms with Gasteiger partial charge >= 0.3 is 0 Å². The predicted molar refractivity (Wildman–Crippen MR) is 91.0 cm³/mol. The molecule has 1 amide bonds. The van der Waals surface area contributed by atoms with Crippen molar-refractivity contribution in [2.24, 2.45) is 0 Å².